The van der Waals surface area contributed by atoms with Gasteiger partial charge in [-0.3, -0.25) is 4.55 Å². The van der Waals surface area contributed by atoms with E-state index >= 15 is 0 Å². The van der Waals surface area contributed by atoms with Crippen LogP contribution in [0.15, 0.2) is 41.3 Å². The van der Waals surface area contributed by atoms with Crippen molar-refractivity contribution in [2.24, 2.45) is 0 Å². The minimum absolute atomic E-state index is 0.0699. The first kappa shape index (κ1) is 15.4. The van der Waals surface area contributed by atoms with Gasteiger partial charge in [-0.05, 0) is 36.2 Å². The molecule has 1 aliphatic heterocycles. The molecule has 1 aliphatic rings. The van der Waals surface area contributed by atoms with Crippen molar-refractivity contribution in [2.45, 2.75) is 37.1 Å². The first-order chi connectivity index (χ1) is 10.3. The van der Waals surface area contributed by atoms with Crippen molar-refractivity contribution in [3.8, 4) is 0 Å². The summed E-state index contributed by atoms with van der Waals surface area (Å²) in [7, 11) is -4.29. The van der Waals surface area contributed by atoms with E-state index in [2.05, 4.69) is 0 Å². The lowest BCUT2D eigenvalue weighted by Crippen LogP contribution is -2.23. The molecular formula is C16H18O5S. The maximum atomic E-state index is 11.7. The highest BCUT2D eigenvalue weighted by Crippen LogP contribution is 2.31. The first-order valence-corrected chi connectivity index (χ1v) is 8.50. The molecule has 0 amide bonds. The van der Waals surface area contributed by atoms with Crippen LogP contribution < -0.4 is 0 Å². The molecule has 1 atom stereocenters. The SMILES string of the molecule is CC1(C)OCC(Cc2c(S(=O)(=O)O)ccc3ccccc23)O1. The van der Waals surface area contributed by atoms with Gasteiger partial charge in [0, 0.05) is 6.42 Å². The number of fused-ring (bicyclic) bond motifs is 1. The van der Waals surface area contributed by atoms with Crippen molar-refractivity contribution in [1.82, 2.24) is 0 Å². The zero-order chi connectivity index (χ0) is 16.0. The van der Waals surface area contributed by atoms with Gasteiger partial charge in [0.25, 0.3) is 10.1 Å². The molecule has 5 nitrogen and oxygen atoms in total. The van der Waals surface area contributed by atoms with E-state index in [4.69, 9.17) is 9.47 Å². The molecule has 1 N–H and O–H groups in total. The number of hydrogen-bond donors (Lipinski definition) is 1. The molecule has 1 heterocycles. The van der Waals surface area contributed by atoms with Crippen LogP contribution in [-0.4, -0.2) is 31.5 Å². The monoisotopic (exact) mass is 322 g/mol. The maximum Gasteiger partial charge on any atom is 0.294 e. The Morgan fingerprint density at radius 2 is 1.95 bits per heavy atom. The molecule has 0 saturated carbocycles. The molecule has 0 radical (unpaired) electrons. The predicted octanol–water partition coefficient (Wildman–Crippen LogP) is 2.78. The van der Waals surface area contributed by atoms with E-state index in [0.29, 0.717) is 18.6 Å². The Morgan fingerprint density at radius 1 is 1.23 bits per heavy atom. The van der Waals surface area contributed by atoms with Crippen LogP contribution in [0.25, 0.3) is 10.8 Å². The van der Waals surface area contributed by atoms with Gasteiger partial charge in [0.2, 0.25) is 0 Å². The average Bonchev–Trinajstić information content (AvgIpc) is 2.77. The van der Waals surface area contributed by atoms with E-state index in [9.17, 15) is 13.0 Å². The topological polar surface area (TPSA) is 72.8 Å². The highest BCUT2D eigenvalue weighted by atomic mass is 32.2. The Kier molecular flexibility index (Phi) is 3.72. The molecule has 22 heavy (non-hydrogen) atoms. The highest BCUT2D eigenvalue weighted by molar-refractivity contribution is 7.85. The number of ether oxygens (including phenoxy) is 2. The lowest BCUT2D eigenvalue weighted by molar-refractivity contribution is -0.138. The van der Waals surface area contributed by atoms with Crippen LogP contribution in [0.5, 0.6) is 0 Å². The van der Waals surface area contributed by atoms with Gasteiger partial charge in [-0.15, -0.1) is 0 Å². The van der Waals surface area contributed by atoms with E-state index < -0.39 is 15.9 Å². The van der Waals surface area contributed by atoms with Crippen LogP contribution in [0.2, 0.25) is 0 Å². The molecule has 0 bridgehead atoms. The van der Waals surface area contributed by atoms with Crippen molar-refractivity contribution in [1.29, 1.82) is 0 Å². The van der Waals surface area contributed by atoms with E-state index in [1.165, 1.54) is 6.07 Å². The summed E-state index contributed by atoms with van der Waals surface area (Å²) < 4.78 is 44.2. The average molecular weight is 322 g/mol. The van der Waals surface area contributed by atoms with Crippen molar-refractivity contribution < 1.29 is 22.4 Å². The fourth-order valence-corrected chi connectivity index (χ4v) is 3.60. The smallest absolute Gasteiger partial charge is 0.294 e. The predicted molar refractivity (Wildman–Crippen MR) is 82.4 cm³/mol. The maximum absolute atomic E-state index is 11.7. The van der Waals surface area contributed by atoms with Gasteiger partial charge in [-0.2, -0.15) is 8.42 Å². The quantitative estimate of drug-likeness (QED) is 0.880. The minimum atomic E-state index is -4.29. The van der Waals surface area contributed by atoms with E-state index in [-0.39, 0.29) is 11.0 Å². The van der Waals surface area contributed by atoms with Crippen molar-refractivity contribution in [3.05, 3.63) is 42.0 Å². The summed E-state index contributed by atoms with van der Waals surface area (Å²) in [6, 6.07) is 10.6. The second kappa shape index (κ2) is 5.31. The number of benzene rings is 2. The largest absolute Gasteiger partial charge is 0.348 e. The zero-order valence-electron chi connectivity index (χ0n) is 12.4. The Balaban J connectivity index is 2.09. The molecule has 118 valence electrons. The van der Waals surface area contributed by atoms with Crippen LogP contribution in [0.3, 0.4) is 0 Å². The van der Waals surface area contributed by atoms with Crippen molar-refractivity contribution in [3.63, 3.8) is 0 Å². The summed E-state index contributed by atoms with van der Waals surface area (Å²) in [4.78, 5) is -0.0699. The third-order valence-corrected chi connectivity index (χ3v) is 4.71. The third-order valence-electron chi connectivity index (χ3n) is 3.77. The fourth-order valence-electron chi connectivity index (χ4n) is 2.86. The third kappa shape index (κ3) is 3.01. The number of hydrogen-bond acceptors (Lipinski definition) is 4. The molecule has 1 fully saturated rings. The van der Waals surface area contributed by atoms with Gasteiger partial charge in [0.05, 0.1) is 17.6 Å². The molecule has 1 saturated heterocycles. The molecule has 0 aliphatic carbocycles. The summed E-state index contributed by atoms with van der Waals surface area (Å²) in [6.45, 7) is 4.03. The van der Waals surface area contributed by atoms with Gasteiger partial charge < -0.3 is 9.47 Å². The molecular weight excluding hydrogens is 304 g/mol. The second-order valence-corrected chi connectivity index (χ2v) is 7.28. The molecule has 3 rings (SSSR count). The van der Waals surface area contributed by atoms with Crippen LogP contribution in [0.1, 0.15) is 19.4 Å². The second-order valence-electron chi connectivity index (χ2n) is 5.89. The van der Waals surface area contributed by atoms with Crippen molar-refractivity contribution >= 4 is 20.9 Å². The van der Waals surface area contributed by atoms with E-state index in [1.807, 2.05) is 38.1 Å². The standard InChI is InChI=1S/C16H18O5S/c1-16(2)20-10-12(21-16)9-14-13-6-4-3-5-11(13)7-8-15(14)22(17,18)19/h3-8,12H,9-10H2,1-2H3,(H,17,18,19). The Labute approximate surface area is 129 Å². The van der Waals surface area contributed by atoms with Crippen LogP contribution in [0.4, 0.5) is 0 Å². The van der Waals surface area contributed by atoms with Gasteiger partial charge in [-0.25, -0.2) is 0 Å². The Bertz CT molecular complexity index is 810. The summed E-state index contributed by atoms with van der Waals surface area (Å²) in [5.74, 6) is -0.673. The summed E-state index contributed by atoms with van der Waals surface area (Å²) in [5, 5.41) is 1.72. The van der Waals surface area contributed by atoms with Gasteiger partial charge >= 0.3 is 0 Å². The Hall–Kier alpha value is -1.47. The van der Waals surface area contributed by atoms with E-state index in [0.717, 1.165) is 10.8 Å². The van der Waals surface area contributed by atoms with Crippen LogP contribution >= 0.6 is 0 Å². The molecule has 0 aromatic heterocycles. The molecule has 2 aromatic rings. The lowest BCUT2D eigenvalue weighted by Gasteiger charge is -2.18. The zero-order valence-corrected chi connectivity index (χ0v) is 13.3. The van der Waals surface area contributed by atoms with Crippen LogP contribution in [0, 0.1) is 0 Å². The number of rotatable bonds is 3. The Morgan fingerprint density at radius 3 is 2.59 bits per heavy atom. The minimum Gasteiger partial charge on any atom is -0.348 e. The molecule has 0 spiro atoms. The molecule has 1 unspecified atom stereocenters. The fraction of sp³-hybridized carbons (Fsp3) is 0.375. The summed E-state index contributed by atoms with van der Waals surface area (Å²) in [5.41, 5.74) is 0.562. The van der Waals surface area contributed by atoms with Crippen molar-refractivity contribution in [2.75, 3.05) is 6.61 Å². The summed E-state index contributed by atoms with van der Waals surface area (Å²) >= 11 is 0. The van der Waals surface area contributed by atoms with Gasteiger partial charge in [0.1, 0.15) is 0 Å². The lowest BCUT2D eigenvalue weighted by atomic mass is 10.00. The van der Waals surface area contributed by atoms with Gasteiger partial charge in [-0.1, -0.05) is 30.3 Å². The van der Waals surface area contributed by atoms with E-state index in [1.54, 1.807) is 6.07 Å². The summed E-state index contributed by atoms with van der Waals surface area (Å²) in [6.07, 6.45) is 0.112. The van der Waals surface area contributed by atoms with Gasteiger partial charge in [0.15, 0.2) is 5.79 Å². The molecule has 2 aromatic carbocycles. The van der Waals surface area contributed by atoms with Crippen LogP contribution in [-0.2, 0) is 26.0 Å². The normalized spacial score (nSPS) is 21.3. The first-order valence-electron chi connectivity index (χ1n) is 7.06. The highest BCUT2D eigenvalue weighted by Gasteiger charge is 2.34. The molecule has 6 heteroatoms.